The van der Waals surface area contributed by atoms with Gasteiger partial charge < -0.3 is 5.32 Å². The fourth-order valence-corrected chi connectivity index (χ4v) is 4.97. The molecule has 1 heterocycles. The third-order valence-corrected chi connectivity index (χ3v) is 6.96. The number of nitrogens with one attached hydrogen (secondary N) is 2. The van der Waals surface area contributed by atoms with Crippen LogP contribution >= 0.6 is 0 Å². The summed E-state index contributed by atoms with van der Waals surface area (Å²) in [6.07, 6.45) is 0.280. The van der Waals surface area contributed by atoms with Crippen molar-refractivity contribution in [3.8, 4) is 0 Å². The zero-order valence-corrected chi connectivity index (χ0v) is 19.9. The first-order chi connectivity index (χ1) is 16.0. The zero-order valence-electron chi connectivity index (χ0n) is 19.1. The van der Waals surface area contributed by atoms with Gasteiger partial charge in [-0.3, -0.25) is 19.1 Å². The first kappa shape index (κ1) is 23.4. The highest BCUT2D eigenvalue weighted by molar-refractivity contribution is 7.93. The standard InChI is InChI=1S/C25H25N3O5S/c1-25(2,3)24(31)26-16-10-12-17(13-11-16)27-34(32,33)21-9-5-6-18-19(21)7-4-8-20(18)28-22(29)14-15-23(28)30/h4-13,27H,14-15H2,1-3H3,(H,26,31). The molecule has 9 heteroatoms. The second-order valence-electron chi connectivity index (χ2n) is 9.14. The van der Waals surface area contributed by atoms with E-state index < -0.39 is 15.4 Å². The number of sulfonamides is 1. The number of amides is 3. The minimum atomic E-state index is -3.99. The van der Waals surface area contributed by atoms with E-state index in [0.717, 1.165) is 4.90 Å². The number of benzene rings is 3. The quantitative estimate of drug-likeness (QED) is 0.531. The van der Waals surface area contributed by atoms with Crippen molar-refractivity contribution in [1.29, 1.82) is 0 Å². The van der Waals surface area contributed by atoms with Crippen LogP contribution < -0.4 is 14.9 Å². The monoisotopic (exact) mass is 479 g/mol. The minimum absolute atomic E-state index is 0.0241. The molecule has 0 aliphatic carbocycles. The van der Waals surface area contributed by atoms with Crippen molar-refractivity contribution in [2.24, 2.45) is 5.41 Å². The van der Waals surface area contributed by atoms with E-state index in [0.29, 0.717) is 27.8 Å². The molecule has 176 valence electrons. The minimum Gasteiger partial charge on any atom is -0.326 e. The lowest BCUT2D eigenvalue weighted by molar-refractivity contribution is -0.123. The van der Waals surface area contributed by atoms with Crippen LogP contribution in [0.2, 0.25) is 0 Å². The second kappa shape index (κ2) is 8.57. The molecular formula is C25H25N3O5S. The summed E-state index contributed by atoms with van der Waals surface area (Å²) < 4.78 is 29.0. The Labute approximate surface area is 198 Å². The number of hydrogen-bond acceptors (Lipinski definition) is 5. The third kappa shape index (κ3) is 4.51. The Morgan fingerprint density at radius 1 is 0.824 bits per heavy atom. The predicted octanol–water partition coefficient (Wildman–Crippen LogP) is 4.28. The molecule has 1 fully saturated rings. The van der Waals surface area contributed by atoms with Crippen LogP contribution in [0.3, 0.4) is 0 Å². The normalized spacial score (nSPS) is 14.5. The van der Waals surface area contributed by atoms with Crippen molar-refractivity contribution in [3.05, 3.63) is 60.7 Å². The van der Waals surface area contributed by atoms with E-state index in [2.05, 4.69) is 10.0 Å². The Morgan fingerprint density at radius 2 is 1.38 bits per heavy atom. The fourth-order valence-electron chi connectivity index (χ4n) is 3.69. The lowest BCUT2D eigenvalue weighted by atomic mass is 9.95. The lowest BCUT2D eigenvalue weighted by Gasteiger charge is -2.18. The van der Waals surface area contributed by atoms with Gasteiger partial charge in [0.15, 0.2) is 0 Å². The maximum absolute atomic E-state index is 13.2. The largest absolute Gasteiger partial charge is 0.326 e. The van der Waals surface area contributed by atoms with Crippen molar-refractivity contribution in [2.45, 2.75) is 38.5 Å². The second-order valence-corrected chi connectivity index (χ2v) is 10.8. The number of carbonyl (C=O) groups excluding carboxylic acids is 3. The van der Waals surface area contributed by atoms with Gasteiger partial charge >= 0.3 is 0 Å². The highest BCUT2D eigenvalue weighted by Crippen LogP contribution is 2.34. The van der Waals surface area contributed by atoms with Gasteiger partial charge in [0, 0.05) is 40.4 Å². The van der Waals surface area contributed by atoms with E-state index in [1.807, 2.05) is 0 Å². The number of carbonyl (C=O) groups is 3. The Morgan fingerprint density at radius 3 is 2.00 bits per heavy atom. The molecular weight excluding hydrogens is 454 g/mol. The van der Waals surface area contributed by atoms with Crippen molar-refractivity contribution in [3.63, 3.8) is 0 Å². The van der Waals surface area contributed by atoms with Gasteiger partial charge in [-0.15, -0.1) is 0 Å². The SMILES string of the molecule is CC(C)(C)C(=O)Nc1ccc(NS(=O)(=O)c2cccc3c(N4C(=O)CCC4=O)cccc23)cc1. The number of hydrogen-bond donors (Lipinski definition) is 2. The predicted molar refractivity (Wildman–Crippen MR) is 131 cm³/mol. The van der Waals surface area contributed by atoms with E-state index in [1.165, 1.54) is 6.07 Å². The van der Waals surface area contributed by atoms with Crippen LogP contribution in [0.5, 0.6) is 0 Å². The number of anilines is 3. The first-order valence-corrected chi connectivity index (χ1v) is 12.3. The summed E-state index contributed by atoms with van der Waals surface area (Å²) in [5.74, 6) is -0.757. The van der Waals surface area contributed by atoms with Gasteiger partial charge in [0.1, 0.15) is 0 Å². The first-order valence-electron chi connectivity index (χ1n) is 10.8. The van der Waals surface area contributed by atoms with E-state index in [9.17, 15) is 22.8 Å². The Kier molecular flexibility index (Phi) is 5.91. The molecule has 0 saturated carbocycles. The van der Waals surface area contributed by atoms with E-state index in [4.69, 9.17) is 0 Å². The van der Waals surface area contributed by atoms with E-state index >= 15 is 0 Å². The van der Waals surface area contributed by atoms with Crippen LogP contribution in [0.25, 0.3) is 10.8 Å². The fraction of sp³-hybridized carbons (Fsp3) is 0.240. The Hall–Kier alpha value is -3.72. The topological polar surface area (TPSA) is 113 Å². The van der Waals surface area contributed by atoms with Crippen molar-refractivity contribution in [2.75, 3.05) is 14.9 Å². The highest BCUT2D eigenvalue weighted by atomic mass is 32.2. The summed E-state index contributed by atoms with van der Waals surface area (Å²) in [4.78, 5) is 37.8. The van der Waals surface area contributed by atoms with Crippen LogP contribution in [-0.2, 0) is 24.4 Å². The molecule has 3 aromatic rings. The molecule has 1 aliphatic heterocycles. The summed E-state index contributed by atoms with van der Waals surface area (Å²) in [5, 5.41) is 3.68. The summed E-state index contributed by atoms with van der Waals surface area (Å²) in [6.45, 7) is 5.40. The molecule has 34 heavy (non-hydrogen) atoms. The summed E-state index contributed by atoms with van der Waals surface area (Å²) >= 11 is 0. The molecule has 3 aromatic carbocycles. The summed E-state index contributed by atoms with van der Waals surface area (Å²) in [5.41, 5.74) is 0.697. The van der Waals surface area contributed by atoms with Gasteiger partial charge in [-0.05, 0) is 36.4 Å². The molecule has 0 atom stereocenters. The molecule has 1 aliphatic rings. The number of nitrogens with zero attached hydrogens (tertiary/aromatic N) is 1. The van der Waals surface area contributed by atoms with Crippen LogP contribution in [0.1, 0.15) is 33.6 Å². The van der Waals surface area contributed by atoms with E-state index in [1.54, 1.807) is 75.4 Å². The molecule has 0 radical (unpaired) electrons. The van der Waals surface area contributed by atoms with Gasteiger partial charge in [0.05, 0.1) is 10.6 Å². The van der Waals surface area contributed by atoms with Gasteiger partial charge in [-0.1, -0.05) is 45.0 Å². The van der Waals surface area contributed by atoms with Gasteiger partial charge in [0.25, 0.3) is 10.0 Å². The molecule has 4 rings (SSSR count). The molecule has 8 nitrogen and oxygen atoms in total. The number of rotatable bonds is 5. The van der Waals surface area contributed by atoms with E-state index in [-0.39, 0.29) is 35.5 Å². The van der Waals surface area contributed by atoms with Crippen LogP contribution in [0, 0.1) is 5.41 Å². The molecule has 0 unspecified atom stereocenters. The molecule has 3 amide bonds. The Balaban J connectivity index is 1.64. The smallest absolute Gasteiger partial charge is 0.262 e. The molecule has 0 aromatic heterocycles. The van der Waals surface area contributed by atoms with Crippen molar-refractivity contribution < 1.29 is 22.8 Å². The van der Waals surface area contributed by atoms with Crippen LogP contribution in [0.4, 0.5) is 17.1 Å². The number of fused-ring (bicyclic) bond motifs is 1. The maximum atomic E-state index is 13.2. The van der Waals surface area contributed by atoms with Crippen LogP contribution in [0.15, 0.2) is 65.6 Å². The average molecular weight is 480 g/mol. The molecule has 0 bridgehead atoms. The molecule has 0 spiro atoms. The van der Waals surface area contributed by atoms with Gasteiger partial charge in [0.2, 0.25) is 17.7 Å². The third-order valence-electron chi connectivity index (χ3n) is 5.52. The maximum Gasteiger partial charge on any atom is 0.262 e. The van der Waals surface area contributed by atoms with Gasteiger partial charge in [-0.25, -0.2) is 13.3 Å². The zero-order chi connectivity index (χ0) is 24.7. The van der Waals surface area contributed by atoms with Crippen molar-refractivity contribution >= 4 is 55.6 Å². The molecule has 2 N–H and O–H groups in total. The summed E-state index contributed by atoms with van der Waals surface area (Å²) in [6, 6.07) is 16.0. The average Bonchev–Trinajstić information content (AvgIpc) is 3.11. The van der Waals surface area contributed by atoms with Crippen molar-refractivity contribution in [1.82, 2.24) is 0 Å². The number of imide groups is 1. The van der Waals surface area contributed by atoms with Gasteiger partial charge in [-0.2, -0.15) is 0 Å². The lowest BCUT2D eigenvalue weighted by Crippen LogP contribution is -2.28. The molecule has 1 saturated heterocycles. The summed E-state index contributed by atoms with van der Waals surface area (Å²) in [7, 11) is -3.99. The Bertz CT molecular complexity index is 1390. The van der Waals surface area contributed by atoms with Crippen LogP contribution in [-0.4, -0.2) is 26.1 Å². The highest BCUT2D eigenvalue weighted by Gasteiger charge is 2.32.